The van der Waals surface area contributed by atoms with Crippen molar-refractivity contribution in [3.63, 3.8) is 0 Å². The SMILES string of the molecule is Oc1ccccc1Sc1cccc(-c2cc3nc4c(cn3n2)CCCC4)c1. The fourth-order valence-electron chi connectivity index (χ4n) is 3.56. The predicted octanol–water partition coefficient (Wildman–Crippen LogP) is 5.13. The van der Waals surface area contributed by atoms with Crippen LogP contribution in [0.25, 0.3) is 16.9 Å². The lowest BCUT2D eigenvalue weighted by atomic mass is 9.98. The Morgan fingerprint density at radius 2 is 1.85 bits per heavy atom. The molecule has 1 aliphatic carbocycles. The summed E-state index contributed by atoms with van der Waals surface area (Å²) in [6, 6.07) is 17.7. The van der Waals surface area contributed by atoms with Gasteiger partial charge in [-0.2, -0.15) is 5.10 Å². The maximum Gasteiger partial charge on any atom is 0.155 e. The van der Waals surface area contributed by atoms with Crippen LogP contribution in [0.3, 0.4) is 0 Å². The maximum absolute atomic E-state index is 10.0. The lowest BCUT2D eigenvalue weighted by Crippen LogP contribution is -2.07. The van der Waals surface area contributed by atoms with Crippen LogP contribution in [-0.4, -0.2) is 19.7 Å². The summed E-state index contributed by atoms with van der Waals surface area (Å²) in [6.07, 6.45) is 6.77. The van der Waals surface area contributed by atoms with Gasteiger partial charge in [0.1, 0.15) is 5.75 Å². The van der Waals surface area contributed by atoms with E-state index in [0.29, 0.717) is 5.75 Å². The normalized spacial score (nSPS) is 13.6. The maximum atomic E-state index is 10.0. The van der Waals surface area contributed by atoms with Crippen LogP contribution in [0.4, 0.5) is 0 Å². The predicted molar refractivity (Wildman–Crippen MR) is 107 cm³/mol. The smallest absolute Gasteiger partial charge is 0.155 e. The van der Waals surface area contributed by atoms with Crippen molar-refractivity contribution in [2.45, 2.75) is 35.5 Å². The highest BCUT2D eigenvalue weighted by molar-refractivity contribution is 7.99. The molecule has 0 saturated heterocycles. The Morgan fingerprint density at radius 1 is 0.963 bits per heavy atom. The fourth-order valence-corrected chi connectivity index (χ4v) is 4.46. The third-order valence-electron chi connectivity index (χ3n) is 4.95. The highest BCUT2D eigenvalue weighted by atomic mass is 32.2. The molecule has 134 valence electrons. The summed E-state index contributed by atoms with van der Waals surface area (Å²) in [5, 5.41) is 14.8. The van der Waals surface area contributed by atoms with Gasteiger partial charge < -0.3 is 5.11 Å². The van der Waals surface area contributed by atoms with Gasteiger partial charge in [0, 0.05) is 28.4 Å². The minimum Gasteiger partial charge on any atom is -0.507 e. The third kappa shape index (κ3) is 3.19. The average Bonchev–Trinajstić information content (AvgIpc) is 3.11. The van der Waals surface area contributed by atoms with E-state index in [1.807, 2.05) is 34.8 Å². The van der Waals surface area contributed by atoms with Gasteiger partial charge in [0.25, 0.3) is 0 Å². The Kier molecular flexibility index (Phi) is 4.09. The Bertz CT molecular complexity index is 1090. The molecule has 0 spiro atoms. The summed E-state index contributed by atoms with van der Waals surface area (Å²) in [5.74, 6) is 0.301. The first kappa shape index (κ1) is 16.4. The van der Waals surface area contributed by atoms with Gasteiger partial charge in [-0.1, -0.05) is 36.0 Å². The Labute approximate surface area is 161 Å². The topological polar surface area (TPSA) is 50.4 Å². The van der Waals surface area contributed by atoms with E-state index in [1.54, 1.807) is 17.8 Å². The number of hydrogen-bond donors (Lipinski definition) is 1. The van der Waals surface area contributed by atoms with Gasteiger partial charge in [-0.05, 0) is 55.5 Å². The Hall–Kier alpha value is -2.79. The molecule has 2 aromatic carbocycles. The van der Waals surface area contributed by atoms with Crippen LogP contribution in [0.2, 0.25) is 0 Å². The summed E-state index contributed by atoms with van der Waals surface area (Å²) in [4.78, 5) is 6.74. The van der Waals surface area contributed by atoms with Gasteiger partial charge in [-0.25, -0.2) is 9.50 Å². The number of para-hydroxylation sites is 1. The quantitative estimate of drug-likeness (QED) is 0.541. The molecule has 5 rings (SSSR count). The molecule has 4 nitrogen and oxygen atoms in total. The Morgan fingerprint density at radius 3 is 2.78 bits per heavy atom. The van der Waals surface area contributed by atoms with Crippen LogP contribution < -0.4 is 0 Å². The van der Waals surface area contributed by atoms with Crippen molar-refractivity contribution in [1.82, 2.24) is 14.6 Å². The molecule has 0 aliphatic heterocycles. The number of fused-ring (bicyclic) bond motifs is 2. The molecule has 0 unspecified atom stereocenters. The summed E-state index contributed by atoms with van der Waals surface area (Å²) in [6.45, 7) is 0. The standard InChI is InChI=1S/C22H19N3OS/c26-20-10-3-4-11-21(20)27-17-8-5-7-15(12-17)19-13-22-23-18-9-2-1-6-16(18)14-25(22)24-19/h3-5,7-8,10-14,26H,1-2,6,9H2. The van der Waals surface area contributed by atoms with Gasteiger partial charge in [-0.3, -0.25) is 0 Å². The van der Waals surface area contributed by atoms with Gasteiger partial charge >= 0.3 is 0 Å². The number of aromatic nitrogens is 3. The first-order valence-corrected chi connectivity index (χ1v) is 10.0. The van der Waals surface area contributed by atoms with Gasteiger partial charge in [0.2, 0.25) is 0 Å². The summed E-state index contributed by atoms with van der Waals surface area (Å²) in [7, 11) is 0. The summed E-state index contributed by atoms with van der Waals surface area (Å²) >= 11 is 1.55. The lowest BCUT2D eigenvalue weighted by Gasteiger charge is -2.13. The van der Waals surface area contributed by atoms with Gasteiger partial charge in [0.15, 0.2) is 5.65 Å². The van der Waals surface area contributed by atoms with Gasteiger partial charge in [0.05, 0.1) is 10.6 Å². The van der Waals surface area contributed by atoms with E-state index in [0.717, 1.165) is 39.5 Å². The molecular formula is C22H19N3OS. The summed E-state index contributed by atoms with van der Waals surface area (Å²) < 4.78 is 1.91. The van der Waals surface area contributed by atoms with E-state index in [1.165, 1.54) is 24.1 Å². The molecule has 1 aliphatic rings. The van der Waals surface area contributed by atoms with E-state index in [-0.39, 0.29) is 0 Å². The third-order valence-corrected chi connectivity index (χ3v) is 6.00. The van der Waals surface area contributed by atoms with E-state index < -0.39 is 0 Å². The number of phenolic OH excluding ortho intramolecular Hbond substituents is 1. The molecule has 5 heteroatoms. The number of hydrogen-bond acceptors (Lipinski definition) is 4. The second-order valence-electron chi connectivity index (χ2n) is 6.85. The first-order valence-electron chi connectivity index (χ1n) is 9.21. The number of aromatic hydroxyl groups is 1. The van der Waals surface area contributed by atoms with E-state index in [9.17, 15) is 5.11 Å². The molecule has 1 N–H and O–H groups in total. The van der Waals surface area contributed by atoms with Crippen molar-refractivity contribution in [2.75, 3.05) is 0 Å². The molecule has 27 heavy (non-hydrogen) atoms. The van der Waals surface area contributed by atoms with E-state index in [2.05, 4.69) is 24.4 Å². The van der Waals surface area contributed by atoms with Crippen molar-refractivity contribution in [3.8, 4) is 17.0 Å². The highest BCUT2D eigenvalue weighted by Gasteiger charge is 2.14. The molecule has 0 fully saturated rings. The molecule has 0 saturated carbocycles. The highest BCUT2D eigenvalue weighted by Crippen LogP contribution is 2.35. The number of nitrogens with zero attached hydrogens (tertiary/aromatic N) is 3. The van der Waals surface area contributed by atoms with Crippen LogP contribution in [0.1, 0.15) is 24.1 Å². The molecule has 0 amide bonds. The number of aryl methyl sites for hydroxylation is 2. The molecule has 0 bridgehead atoms. The molecule has 4 aromatic rings. The molecule has 2 heterocycles. The second-order valence-corrected chi connectivity index (χ2v) is 7.97. The van der Waals surface area contributed by atoms with Crippen molar-refractivity contribution in [3.05, 3.63) is 72.1 Å². The van der Waals surface area contributed by atoms with Crippen molar-refractivity contribution >= 4 is 17.4 Å². The lowest BCUT2D eigenvalue weighted by molar-refractivity contribution is 0.462. The summed E-state index contributed by atoms with van der Waals surface area (Å²) in [5.41, 5.74) is 5.43. The Balaban J connectivity index is 1.50. The average molecular weight is 373 g/mol. The zero-order valence-corrected chi connectivity index (χ0v) is 15.6. The second kappa shape index (κ2) is 6.74. The fraction of sp³-hybridized carbons (Fsp3) is 0.182. The molecular weight excluding hydrogens is 354 g/mol. The van der Waals surface area contributed by atoms with Crippen molar-refractivity contribution in [1.29, 1.82) is 0 Å². The molecule has 0 radical (unpaired) electrons. The monoisotopic (exact) mass is 373 g/mol. The molecule has 0 atom stereocenters. The van der Waals surface area contributed by atoms with Crippen LogP contribution >= 0.6 is 11.8 Å². The first-order chi connectivity index (χ1) is 13.3. The van der Waals surface area contributed by atoms with Crippen molar-refractivity contribution < 1.29 is 5.11 Å². The zero-order chi connectivity index (χ0) is 18.2. The number of benzene rings is 2. The largest absolute Gasteiger partial charge is 0.507 e. The minimum atomic E-state index is 0.301. The molecule has 2 aromatic heterocycles. The number of phenols is 1. The minimum absolute atomic E-state index is 0.301. The van der Waals surface area contributed by atoms with Crippen LogP contribution in [0.5, 0.6) is 5.75 Å². The zero-order valence-electron chi connectivity index (χ0n) is 14.8. The van der Waals surface area contributed by atoms with Crippen molar-refractivity contribution in [2.24, 2.45) is 0 Å². The van der Waals surface area contributed by atoms with Crippen LogP contribution in [0.15, 0.2) is 70.6 Å². The number of rotatable bonds is 3. The van der Waals surface area contributed by atoms with Crippen LogP contribution in [0, 0.1) is 0 Å². The van der Waals surface area contributed by atoms with E-state index in [4.69, 9.17) is 10.1 Å². The van der Waals surface area contributed by atoms with E-state index >= 15 is 0 Å². The van der Waals surface area contributed by atoms with Crippen LogP contribution in [-0.2, 0) is 12.8 Å². The van der Waals surface area contributed by atoms with Gasteiger partial charge in [-0.15, -0.1) is 0 Å².